The van der Waals surface area contributed by atoms with Gasteiger partial charge in [-0.15, -0.1) is 0 Å². The number of aliphatic hydroxyl groups is 1. The van der Waals surface area contributed by atoms with Crippen LogP contribution in [0.25, 0.3) is 16.9 Å². The third-order valence-electron chi connectivity index (χ3n) is 9.48. The van der Waals surface area contributed by atoms with Crippen molar-refractivity contribution in [3.8, 4) is 5.82 Å². The molecule has 0 radical (unpaired) electrons. The summed E-state index contributed by atoms with van der Waals surface area (Å²) in [6.07, 6.45) is 6.90. The molecule has 0 bridgehead atoms. The Morgan fingerprint density at radius 3 is 2.39 bits per heavy atom. The van der Waals surface area contributed by atoms with E-state index in [4.69, 9.17) is 14.7 Å². The summed E-state index contributed by atoms with van der Waals surface area (Å²) in [5.41, 5.74) is 0.390. The Bertz CT molecular complexity index is 1370. The van der Waals surface area contributed by atoms with Crippen LogP contribution in [0.2, 0.25) is 0 Å². The van der Waals surface area contributed by atoms with Crippen molar-refractivity contribution in [3.63, 3.8) is 0 Å². The summed E-state index contributed by atoms with van der Waals surface area (Å²) < 4.78 is 35.4. The van der Waals surface area contributed by atoms with Crippen LogP contribution in [0.15, 0.2) is 30.3 Å². The predicted octanol–water partition coefficient (Wildman–Crippen LogP) is 5.82. The van der Waals surface area contributed by atoms with Gasteiger partial charge in [0.2, 0.25) is 5.95 Å². The number of morpholine rings is 1. The Morgan fingerprint density at radius 1 is 0.977 bits per heavy atom. The van der Waals surface area contributed by atoms with Gasteiger partial charge in [-0.05, 0) is 76.3 Å². The van der Waals surface area contributed by atoms with Crippen LogP contribution in [-0.2, 0) is 4.74 Å². The molecule has 1 aliphatic heterocycles. The van der Waals surface area contributed by atoms with Crippen molar-refractivity contribution in [1.29, 1.82) is 0 Å². The number of rotatable bonds is 11. The molecule has 3 heterocycles. The molecule has 9 nitrogen and oxygen atoms in total. The van der Waals surface area contributed by atoms with Crippen LogP contribution < -0.4 is 10.2 Å². The lowest BCUT2D eigenvalue weighted by molar-refractivity contribution is 0.00478. The number of nitrogens with one attached hydrogen (secondary N) is 1. The normalized spacial score (nSPS) is 22.0. The van der Waals surface area contributed by atoms with E-state index >= 15 is 0 Å². The average molecular weight is 612 g/mol. The first-order valence-electron chi connectivity index (χ1n) is 16.4. The van der Waals surface area contributed by atoms with E-state index in [1.807, 2.05) is 19.9 Å². The maximum absolute atomic E-state index is 14.2. The van der Waals surface area contributed by atoms with Crippen LogP contribution >= 0.6 is 0 Å². The molecule has 2 aliphatic carbocycles. The number of alkyl halides is 2. The van der Waals surface area contributed by atoms with Gasteiger partial charge >= 0.3 is 0 Å². The molecule has 2 saturated carbocycles. The monoisotopic (exact) mass is 611 g/mol. The highest BCUT2D eigenvalue weighted by Crippen LogP contribution is 2.33. The summed E-state index contributed by atoms with van der Waals surface area (Å²) in [6, 6.07) is 9.44. The number of ether oxygens (including phenoxy) is 1. The topological polar surface area (TPSA) is 91.6 Å². The minimum Gasteiger partial charge on any atom is -0.389 e. The smallest absolute Gasteiger partial charge is 0.296 e. The number of hydrogen-bond acceptors (Lipinski definition) is 8. The van der Waals surface area contributed by atoms with Gasteiger partial charge in [-0.1, -0.05) is 25.0 Å². The van der Waals surface area contributed by atoms with E-state index in [0.29, 0.717) is 73.4 Å². The van der Waals surface area contributed by atoms with E-state index < -0.39 is 12.0 Å². The number of para-hydroxylation sites is 2. The van der Waals surface area contributed by atoms with Crippen molar-refractivity contribution in [2.24, 2.45) is 11.8 Å². The largest absolute Gasteiger partial charge is 0.389 e. The lowest BCUT2D eigenvalue weighted by Gasteiger charge is -2.40. The number of benzene rings is 1. The van der Waals surface area contributed by atoms with Crippen molar-refractivity contribution in [2.45, 2.75) is 83.3 Å². The highest BCUT2D eigenvalue weighted by molar-refractivity contribution is 5.78. The maximum Gasteiger partial charge on any atom is 0.296 e. The first kappa shape index (κ1) is 31.1. The number of halogens is 2. The van der Waals surface area contributed by atoms with E-state index in [-0.39, 0.29) is 5.82 Å². The second-order valence-corrected chi connectivity index (χ2v) is 13.6. The van der Waals surface area contributed by atoms with E-state index in [1.165, 1.54) is 30.3 Å². The third-order valence-corrected chi connectivity index (χ3v) is 9.48. The second kappa shape index (κ2) is 13.6. The molecule has 0 spiro atoms. The number of anilines is 2. The summed E-state index contributed by atoms with van der Waals surface area (Å²) in [7, 11) is 0. The van der Waals surface area contributed by atoms with E-state index in [2.05, 4.69) is 20.1 Å². The first-order chi connectivity index (χ1) is 21.2. The lowest BCUT2D eigenvalue weighted by Crippen LogP contribution is -2.47. The molecular formula is C33H47F2N7O2. The molecule has 6 rings (SSSR count). The SMILES string of the molecule is CC(C)(O)CN(CC1CCCC1)C1CCC(CNc2nc(N3CCOCC3)cc(-n3c(C(F)F)nc4ccccc43)n2)CC1. The molecular weight excluding hydrogens is 564 g/mol. The zero-order valence-electron chi connectivity index (χ0n) is 26.1. The average Bonchev–Trinajstić information content (AvgIpc) is 3.68. The molecule has 0 amide bonds. The Kier molecular flexibility index (Phi) is 9.63. The van der Waals surface area contributed by atoms with Gasteiger partial charge in [-0.2, -0.15) is 9.97 Å². The zero-order chi connectivity index (χ0) is 30.7. The number of hydrogen-bond donors (Lipinski definition) is 2. The second-order valence-electron chi connectivity index (χ2n) is 13.6. The molecule has 1 saturated heterocycles. The summed E-state index contributed by atoms with van der Waals surface area (Å²) >= 11 is 0. The molecule has 44 heavy (non-hydrogen) atoms. The quantitative estimate of drug-likeness (QED) is 0.280. The maximum atomic E-state index is 14.2. The lowest BCUT2D eigenvalue weighted by atomic mass is 9.84. The predicted molar refractivity (Wildman–Crippen MR) is 169 cm³/mol. The minimum absolute atomic E-state index is 0.324. The molecule has 2 N–H and O–H groups in total. The van der Waals surface area contributed by atoms with Crippen LogP contribution in [0, 0.1) is 11.8 Å². The Balaban J connectivity index is 1.18. The van der Waals surface area contributed by atoms with E-state index in [0.717, 1.165) is 44.7 Å². The summed E-state index contributed by atoms with van der Waals surface area (Å²) in [4.78, 5) is 18.5. The highest BCUT2D eigenvalue weighted by Gasteiger charge is 2.31. The summed E-state index contributed by atoms with van der Waals surface area (Å²) in [5.74, 6) is 2.40. The Hall–Kier alpha value is -2.89. The Morgan fingerprint density at radius 2 is 1.68 bits per heavy atom. The molecule has 0 atom stereocenters. The van der Waals surface area contributed by atoms with Crippen LogP contribution in [0.1, 0.15) is 77.5 Å². The Labute approximate surface area is 259 Å². The zero-order valence-corrected chi connectivity index (χ0v) is 26.1. The van der Waals surface area contributed by atoms with Gasteiger partial charge in [0.25, 0.3) is 6.43 Å². The van der Waals surface area contributed by atoms with Crippen LogP contribution in [-0.4, -0.2) is 87.1 Å². The number of aromatic nitrogens is 4. The highest BCUT2D eigenvalue weighted by atomic mass is 19.3. The minimum atomic E-state index is -2.75. The van der Waals surface area contributed by atoms with Crippen molar-refractivity contribution in [1.82, 2.24) is 24.4 Å². The van der Waals surface area contributed by atoms with Crippen molar-refractivity contribution >= 4 is 22.8 Å². The number of imidazole rings is 1. The first-order valence-corrected chi connectivity index (χ1v) is 16.4. The molecule has 240 valence electrons. The van der Waals surface area contributed by atoms with Crippen LogP contribution in [0.4, 0.5) is 20.5 Å². The molecule has 3 aromatic rings. The van der Waals surface area contributed by atoms with Gasteiger partial charge in [-0.25, -0.2) is 13.8 Å². The molecule has 11 heteroatoms. The third kappa shape index (κ3) is 7.49. The van der Waals surface area contributed by atoms with Crippen molar-refractivity contribution in [2.75, 3.05) is 56.2 Å². The fourth-order valence-electron chi connectivity index (χ4n) is 7.32. The van der Waals surface area contributed by atoms with E-state index in [1.54, 1.807) is 24.3 Å². The van der Waals surface area contributed by atoms with Gasteiger partial charge in [-0.3, -0.25) is 9.47 Å². The standard InChI is InChI=1S/C33H47F2N7O2/c1-33(2,43)22-41(21-24-7-3-4-8-24)25-13-11-23(12-14-25)20-36-32-38-28(40-15-17-44-18-16-40)19-29(39-32)42-27-10-6-5-9-26(27)37-31(42)30(34)35/h5-6,9-10,19,23-25,30,43H,3-4,7-8,11-18,20-22H2,1-2H3,(H,36,38,39). The fourth-order valence-corrected chi connectivity index (χ4v) is 7.32. The van der Waals surface area contributed by atoms with Gasteiger partial charge in [0, 0.05) is 44.8 Å². The van der Waals surface area contributed by atoms with Gasteiger partial charge in [0.15, 0.2) is 5.82 Å². The molecule has 3 fully saturated rings. The van der Waals surface area contributed by atoms with Gasteiger partial charge < -0.3 is 20.1 Å². The van der Waals surface area contributed by atoms with Crippen molar-refractivity contribution in [3.05, 3.63) is 36.2 Å². The van der Waals surface area contributed by atoms with Crippen molar-refractivity contribution < 1.29 is 18.6 Å². The van der Waals surface area contributed by atoms with Gasteiger partial charge in [0.1, 0.15) is 11.6 Å². The molecule has 3 aliphatic rings. The van der Waals surface area contributed by atoms with E-state index in [9.17, 15) is 13.9 Å². The van der Waals surface area contributed by atoms with Crippen LogP contribution in [0.5, 0.6) is 0 Å². The molecule has 0 unspecified atom stereocenters. The van der Waals surface area contributed by atoms with Gasteiger partial charge in [0.05, 0.1) is 29.8 Å². The fraction of sp³-hybridized carbons (Fsp3) is 0.667. The molecule has 1 aromatic carbocycles. The summed E-state index contributed by atoms with van der Waals surface area (Å²) in [6.45, 7) is 8.89. The molecule has 2 aromatic heterocycles. The van der Waals surface area contributed by atoms with Crippen LogP contribution in [0.3, 0.4) is 0 Å². The number of fused-ring (bicyclic) bond motifs is 1. The summed E-state index contributed by atoms with van der Waals surface area (Å²) in [5, 5.41) is 14.1. The number of nitrogens with zero attached hydrogens (tertiary/aromatic N) is 6.